The maximum atomic E-state index is 2.53. The number of hydrogen-bond acceptors (Lipinski definition) is 1. The van der Waals surface area contributed by atoms with Gasteiger partial charge in [-0.15, -0.1) is 0 Å². The van der Waals surface area contributed by atoms with Crippen molar-refractivity contribution in [3.8, 4) is 55.6 Å². The van der Waals surface area contributed by atoms with E-state index in [0.29, 0.717) is 0 Å². The predicted molar refractivity (Wildman–Crippen MR) is 238 cm³/mol. The molecule has 0 bridgehead atoms. The second kappa shape index (κ2) is 13.7. The minimum absolute atomic E-state index is 0.144. The van der Waals surface area contributed by atoms with Crippen LogP contribution in [0.4, 0.5) is 17.1 Å². The van der Waals surface area contributed by atoms with Crippen molar-refractivity contribution in [1.29, 1.82) is 0 Å². The van der Waals surface area contributed by atoms with Crippen LogP contribution >= 0.6 is 0 Å². The van der Waals surface area contributed by atoms with E-state index < -0.39 is 0 Å². The zero-order valence-electron chi connectivity index (χ0n) is 31.7. The van der Waals surface area contributed by atoms with Crippen LogP contribution < -0.4 is 4.90 Å². The maximum absolute atomic E-state index is 2.53. The van der Waals surface area contributed by atoms with Gasteiger partial charge in [-0.05, 0) is 96.7 Å². The SMILES string of the molecule is CC1(C)c2ccccc2-c2c(N(c3cccc(-c4ccc5ccccc5c4)c3)c3cccc(-c4ccccc4)c3-c3ccccc3-c3ccccc3)cccc21. The summed E-state index contributed by atoms with van der Waals surface area (Å²) in [4.78, 5) is 2.53. The molecule has 1 aliphatic rings. The van der Waals surface area contributed by atoms with E-state index in [0.717, 1.165) is 11.4 Å². The van der Waals surface area contributed by atoms with Crippen LogP contribution in [0.2, 0.25) is 0 Å². The second-order valence-electron chi connectivity index (χ2n) is 15.3. The van der Waals surface area contributed by atoms with Gasteiger partial charge >= 0.3 is 0 Å². The van der Waals surface area contributed by atoms with Crippen molar-refractivity contribution in [2.75, 3.05) is 4.90 Å². The highest BCUT2D eigenvalue weighted by Crippen LogP contribution is 2.56. The van der Waals surface area contributed by atoms with Gasteiger partial charge in [0.05, 0.1) is 11.4 Å². The van der Waals surface area contributed by atoms with Crippen molar-refractivity contribution in [2.24, 2.45) is 0 Å². The first-order chi connectivity index (χ1) is 27.6. The highest BCUT2D eigenvalue weighted by atomic mass is 15.1. The predicted octanol–water partition coefficient (Wildman–Crippen LogP) is 15.3. The molecule has 1 heteroatoms. The average molecular weight is 716 g/mol. The van der Waals surface area contributed by atoms with Gasteiger partial charge in [-0.1, -0.05) is 196 Å². The van der Waals surface area contributed by atoms with Gasteiger partial charge in [0.1, 0.15) is 0 Å². The molecule has 0 saturated carbocycles. The van der Waals surface area contributed by atoms with Crippen LogP contribution in [0.3, 0.4) is 0 Å². The van der Waals surface area contributed by atoms with Gasteiger partial charge in [0, 0.05) is 22.2 Å². The van der Waals surface area contributed by atoms with E-state index in [9.17, 15) is 0 Å². The lowest BCUT2D eigenvalue weighted by Crippen LogP contribution is -2.16. The minimum Gasteiger partial charge on any atom is -0.309 e. The lowest BCUT2D eigenvalue weighted by Gasteiger charge is -2.32. The first-order valence-corrected chi connectivity index (χ1v) is 19.5. The first kappa shape index (κ1) is 33.6. The average Bonchev–Trinajstić information content (AvgIpc) is 3.50. The molecule has 0 radical (unpaired) electrons. The molecule has 56 heavy (non-hydrogen) atoms. The smallest absolute Gasteiger partial charge is 0.0546 e. The summed E-state index contributed by atoms with van der Waals surface area (Å²) in [6, 6.07) is 77.8. The molecular formula is C55H41N. The Morgan fingerprint density at radius 1 is 0.321 bits per heavy atom. The summed E-state index contributed by atoms with van der Waals surface area (Å²) in [7, 11) is 0. The molecule has 0 atom stereocenters. The Morgan fingerprint density at radius 2 is 0.839 bits per heavy atom. The maximum Gasteiger partial charge on any atom is 0.0546 e. The molecule has 0 aliphatic heterocycles. The van der Waals surface area contributed by atoms with Crippen molar-refractivity contribution < 1.29 is 0 Å². The molecule has 0 aromatic heterocycles. The Balaban J connectivity index is 1.29. The number of benzene rings is 9. The largest absolute Gasteiger partial charge is 0.309 e. The van der Waals surface area contributed by atoms with Gasteiger partial charge in [0.15, 0.2) is 0 Å². The third-order valence-electron chi connectivity index (χ3n) is 11.7. The molecule has 0 unspecified atom stereocenters. The zero-order chi connectivity index (χ0) is 37.6. The van der Waals surface area contributed by atoms with Crippen molar-refractivity contribution >= 4 is 27.8 Å². The van der Waals surface area contributed by atoms with Gasteiger partial charge in [-0.25, -0.2) is 0 Å². The fraction of sp³-hybridized carbons (Fsp3) is 0.0545. The van der Waals surface area contributed by atoms with E-state index in [1.165, 1.54) is 83.2 Å². The number of fused-ring (bicyclic) bond motifs is 4. The Kier molecular flexibility index (Phi) is 8.23. The molecule has 9 aromatic carbocycles. The number of nitrogens with zero attached hydrogens (tertiary/aromatic N) is 1. The summed E-state index contributed by atoms with van der Waals surface area (Å²) in [5.74, 6) is 0. The number of rotatable bonds is 7. The first-order valence-electron chi connectivity index (χ1n) is 19.5. The quantitative estimate of drug-likeness (QED) is 0.159. The normalized spacial score (nSPS) is 12.6. The molecule has 0 heterocycles. The Bertz CT molecular complexity index is 2880. The summed E-state index contributed by atoms with van der Waals surface area (Å²) < 4.78 is 0. The summed E-state index contributed by atoms with van der Waals surface area (Å²) in [6.07, 6.45) is 0. The van der Waals surface area contributed by atoms with Crippen LogP contribution in [-0.4, -0.2) is 0 Å². The van der Waals surface area contributed by atoms with Crippen molar-refractivity contribution in [1.82, 2.24) is 0 Å². The third-order valence-corrected chi connectivity index (χ3v) is 11.7. The summed E-state index contributed by atoms with van der Waals surface area (Å²) in [5.41, 5.74) is 18.1. The standard InChI is InChI=1S/C55H41N/c1-55(2)49-30-14-13-28-48(49)54-50(55)31-17-33-52(54)56(44-25-15-24-42(37-44)43-35-34-38-18-9-10-23-41(38)36-43)51-32-16-29-46(40-21-7-4-8-22-40)53(51)47-27-12-11-26-45(47)39-19-5-3-6-20-39/h3-37H,1-2H3. The highest BCUT2D eigenvalue weighted by Gasteiger charge is 2.38. The fourth-order valence-electron chi connectivity index (χ4n) is 8.96. The van der Waals surface area contributed by atoms with E-state index in [1.807, 2.05) is 0 Å². The van der Waals surface area contributed by atoms with Crippen LogP contribution in [0.5, 0.6) is 0 Å². The Morgan fingerprint density at radius 3 is 1.61 bits per heavy atom. The lowest BCUT2D eigenvalue weighted by molar-refractivity contribution is 0.660. The fourth-order valence-corrected chi connectivity index (χ4v) is 8.96. The zero-order valence-corrected chi connectivity index (χ0v) is 31.7. The molecule has 0 saturated heterocycles. The Labute approximate surface area is 329 Å². The van der Waals surface area contributed by atoms with Crippen LogP contribution in [0.15, 0.2) is 212 Å². The van der Waals surface area contributed by atoms with E-state index in [1.54, 1.807) is 0 Å². The van der Waals surface area contributed by atoms with E-state index in [4.69, 9.17) is 0 Å². The van der Waals surface area contributed by atoms with Crippen LogP contribution in [-0.2, 0) is 5.41 Å². The molecule has 0 spiro atoms. The van der Waals surface area contributed by atoms with Gasteiger partial charge < -0.3 is 4.90 Å². The molecule has 9 aromatic rings. The highest BCUT2D eigenvalue weighted by molar-refractivity contribution is 6.04. The van der Waals surface area contributed by atoms with Crippen LogP contribution in [0, 0.1) is 0 Å². The minimum atomic E-state index is -0.144. The van der Waals surface area contributed by atoms with Gasteiger partial charge in [-0.3, -0.25) is 0 Å². The molecule has 266 valence electrons. The van der Waals surface area contributed by atoms with Gasteiger partial charge in [0.2, 0.25) is 0 Å². The molecule has 10 rings (SSSR count). The van der Waals surface area contributed by atoms with Crippen LogP contribution in [0.1, 0.15) is 25.0 Å². The molecule has 0 amide bonds. The second-order valence-corrected chi connectivity index (χ2v) is 15.3. The van der Waals surface area contributed by atoms with E-state index >= 15 is 0 Å². The third kappa shape index (κ3) is 5.63. The van der Waals surface area contributed by atoms with E-state index in [-0.39, 0.29) is 5.41 Å². The van der Waals surface area contributed by atoms with Crippen molar-refractivity contribution in [3.05, 3.63) is 223 Å². The molecule has 0 N–H and O–H groups in total. The summed E-state index contributed by atoms with van der Waals surface area (Å²) >= 11 is 0. The number of anilines is 3. The van der Waals surface area contributed by atoms with Gasteiger partial charge in [0.25, 0.3) is 0 Å². The molecule has 0 fully saturated rings. The van der Waals surface area contributed by atoms with Crippen molar-refractivity contribution in [3.63, 3.8) is 0 Å². The summed E-state index contributed by atoms with van der Waals surface area (Å²) in [6.45, 7) is 4.73. The monoisotopic (exact) mass is 715 g/mol. The molecular weight excluding hydrogens is 675 g/mol. The number of hydrogen-bond donors (Lipinski definition) is 0. The van der Waals surface area contributed by atoms with Crippen molar-refractivity contribution in [2.45, 2.75) is 19.3 Å². The summed E-state index contributed by atoms with van der Waals surface area (Å²) in [5, 5.41) is 2.48. The topological polar surface area (TPSA) is 3.24 Å². The molecule has 1 aliphatic carbocycles. The van der Waals surface area contributed by atoms with Crippen LogP contribution in [0.25, 0.3) is 66.4 Å². The Hall–Kier alpha value is -6.96. The lowest BCUT2D eigenvalue weighted by atomic mass is 9.82. The van der Waals surface area contributed by atoms with E-state index in [2.05, 4.69) is 231 Å². The van der Waals surface area contributed by atoms with Gasteiger partial charge in [-0.2, -0.15) is 0 Å². The molecule has 1 nitrogen and oxygen atoms in total.